The van der Waals surface area contributed by atoms with Crippen molar-refractivity contribution in [1.82, 2.24) is 9.88 Å². The van der Waals surface area contributed by atoms with Gasteiger partial charge in [0.15, 0.2) is 5.49 Å². The van der Waals surface area contributed by atoms with Gasteiger partial charge in [-0.2, -0.15) is 0 Å². The molecule has 3 nitrogen and oxygen atoms in total. The quantitative estimate of drug-likeness (QED) is 0.606. The third kappa shape index (κ3) is 1.54. The Balaban J connectivity index is 2.49. The molecule has 0 fully saturated rings. The third-order valence-corrected chi connectivity index (χ3v) is 2.17. The maximum Gasteiger partial charge on any atom is 0.157 e. The van der Waals surface area contributed by atoms with Crippen LogP contribution in [0.3, 0.4) is 0 Å². The zero-order valence-electron chi connectivity index (χ0n) is 7.94. The molecule has 0 spiro atoms. The van der Waals surface area contributed by atoms with Crippen LogP contribution < -0.4 is 10.7 Å². The summed E-state index contributed by atoms with van der Waals surface area (Å²) in [5, 5.41) is 1.11. The van der Waals surface area contributed by atoms with E-state index in [1.54, 1.807) is 6.20 Å². The van der Waals surface area contributed by atoms with Crippen LogP contribution in [0.5, 0.6) is 0 Å². The van der Waals surface area contributed by atoms with Gasteiger partial charge < -0.3 is 4.90 Å². The smallest absolute Gasteiger partial charge is 0.157 e. The lowest BCUT2D eigenvalue weighted by molar-refractivity contribution is 0.343. The summed E-state index contributed by atoms with van der Waals surface area (Å²) in [6, 6.07) is 4.48. The Morgan fingerprint density at radius 3 is 3.08 bits per heavy atom. The minimum atomic E-state index is 0.497. The van der Waals surface area contributed by atoms with E-state index in [-0.39, 0.29) is 0 Å². The second-order valence-electron chi connectivity index (χ2n) is 3.45. The zero-order chi connectivity index (χ0) is 9.26. The summed E-state index contributed by atoms with van der Waals surface area (Å²) >= 11 is 0. The summed E-state index contributed by atoms with van der Waals surface area (Å²) in [5.41, 5.74) is 0.861. The van der Waals surface area contributed by atoms with Crippen LogP contribution in [0.2, 0.25) is 0 Å². The summed E-state index contributed by atoms with van der Waals surface area (Å²) in [7, 11) is 0. The highest BCUT2D eigenvalue weighted by Gasteiger charge is 2.06. The molecule has 1 aromatic heterocycles. The van der Waals surface area contributed by atoms with Gasteiger partial charge in [-0.15, -0.1) is 0 Å². The van der Waals surface area contributed by atoms with Crippen molar-refractivity contribution in [3.05, 3.63) is 29.0 Å². The molecule has 0 saturated heterocycles. The Kier molecular flexibility index (Phi) is 2.00. The van der Waals surface area contributed by atoms with Gasteiger partial charge in [-0.25, -0.2) is 9.98 Å². The molecule has 0 N–H and O–H groups in total. The van der Waals surface area contributed by atoms with Crippen LogP contribution >= 0.6 is 0 Å². The van der Waals surface area contributed by atoms with E-state index in [9.17, 15) is 0 Å². The molecule has 2 rings (SSSR count). The van der Waals surface area contributed by atoms with E-state index in [1.807, 2.05) is 12.1 Å². The van der Waals surface area contributed by atoms with Gasteiger partial charge in [-0.3, -0.25) is 0 Å². The largest absolute Gasteiger partial charge is 0.355 e. The lowest BCUT2D eigenvalue weighted by Crippen LogP contribution is -2.40. The first-order valence-corrected chi connectivity index (χ1v) is 4.50. The van der Waals surface area contributed by atoms with Crippen molar-refractivity contribution >= 4 is 6.20 Å². The van der Waals surface area contributed by atoms with E-state index in [0.29, 0.717) is 6.04 Å². The van der Waals surface area contributed by atoms with Gasteiger partial charge in [0.1, 0.15) is 6.67 Å². The second kappa shape index (κ2) is 3.17. The first kappa shape index (κ1) is 8.23. The monoisotopic (exact) mass is 175 g/mol. The summed E-state index contributed by atoms with van der Waals surface area (Å²) in [4.78, 5) is 10.8. The standard InChI is InChI=1S/C10H13N3/c1-8(2)13-6-9-4-3-5-11-10(9)12-7-13/h3-6,8H,7H2,1-2H3. The van der Waals surface area contributed by atoms with Crippen LogP contribution in [0.1, 0.15) is 13.8 Å². The maximum absolute atomic E-state index is 4.38. The molecule has 0 bridgehead atoms. The minimum Gasteiger partial charge on any atom is -0.355 e. The van der Waals surface area contributed by atoms with Crippen LogP contribution in [-0.4, -0.2) is 22.6 Å². The van der Waals surface area contributed by atoms with Crippen molar-refractivity contribution < 1.29 is 0 Å². The molecule has 1 aromatic rings. The number of aromatic nitrogens is 1. The second-order valence-corrected chi connectivity index (χ2v) is 3.45. The Hall–Kier alpha value is -1.38. The van der Waals surface area contributed by atoms with Crippen molar-refractivity contribution in [1.29, 1.82) is 0 Å². The SMILES string of the molecule is CC(C)N1C=c2cccnc2=NC1. The van der Waals surface area contributed by atoms with Gasteiger partial charge in [-0.05, 0) is 26.0 Å². The average molecular weight is 175 g/mol. The molecule has 0 unspecified atom stereocenters. The Bertz CT molecular complexity index is 408. The van der Waals surface area contributed by atoms with E-state index in [2.05, 4.69) is 34.9 Å². The van der Waals surface area contributed by atoms with Gasteiger partial charge in [0, 0.05) is 23.7 Å². The molecular weight excluding hydrogens is 162 g/mol. The molecule has 0 atom stereocenters. The zero-order valence-corrected chi connectivity index (χ0v) is 7.94. The van der Waals surface area contributed by atoms with E-state index >= 15 is 0 Å². The van der Waals surface area contributed by atoms with E-state index < -0.39 is 0 Å². The van der Waals surface area contributed by atoms with Crippen molar-refractivity contribution in [2.24, 2.45) is 4.99 Å². The summed E-state index contributed by atoms with van der Waals surface area (Å²) in [6.45, 7) is 5.04. The maximum atomic E-state index is 4.38. The lowest BCUT2D eigenvalue weighted by atomic mass is 10.3. The predicted octanol–water partition coefficient (Wildman–Crippen LogP) is 0.121. The number of fused-ring (bicyclic) bond motifs is 1. The molecule has 0 amide bonds. The molecule has 0 aromatic carbocycles. The average Bonchev–Trinajstić information content (AvgIpc) is 2.17. The highest BCUT2D eigenvalue weighted by atomic mass is 15.2. The molecule has 1 aliphatic rings. The molecule has 0 radical (unpaired) electrons. The van der Waals surface area contributed by atoms with Crippen LogP contribution in [-0.2, 0) is 0 Å². The molecule has 68 valence electrons. The number of pyridine rings is 1. The molecular formula is C10H13N3. The fraction of sp³-hybridized carbons (Fsp3) is 0.400. The molecule has 13 heavy (non-hydrogen) atoms. The number of rotatable bonds is 1. The fourth-order valence-electron chi connectivity index (χ4n) is 1.32. The van der Waals surface area contributed by atoms with Gasteiger partial charge in [-0.1, -0.05) is 0 Å². The molecule has 3 heteroatoms. The van der Waals surface area contributed by atoms with Crippen LogP contribution in [0.25, 0.3) is 6.20 Å². The number of nitrogens with zero attached hydrogens (tertiary/aromatic N) is 3. The highest BCUT2D eigenvalue weighted by Crippen LogP contribution is 1.99. The van der Waals surface area contributed by atoms with Crippen LogP contribution in [0.15, 0.2) is 23.3 Å². The Morgan fingerprint density at radius 1 is 1.46 bits per heavy atom. The molecule has 0 saturated carbocycles. The first-order chi connectivity index (χ1) is 6.27. The van der Waals surface area contributed by atoms with Crippen molar-refractivity contribution in [3.63, 3.8) is 0 Å². The molecule has 1 aliphatic heterocycles. The Labute approximate surface area is 77.4 Å². The fourth-order valence-corrected chi connectivity index (χ4v) is 1.32. The predicted molar refractivity (Wildman–Crippen MR) is 51.3 cm³/mol. The number of hydrogen-bond donors (Lipinski definition) is 0. The van der Waals surface area contributed by atoms with Gasteiger partial charge in [0.25, 0.3) is 0 Å². The van der Waals surface area contributed by atoms with E-state index in [1.165, 1.54) is 0 Å². The van der Waals surface area contributed by atoms with Gasteiger partial charge in [0.2, 0.25) is 0 Å². The summed E-state index contributed by atoms with van der Waals surface area (Å²) < 4.78 is 0. The first-order valence-electron chi connectivity index (χ1n) is 4.50. The third-order valence-electron chi connectivity index (χ3n) is 2.17. The molecule has 0 aliphatic carbocycles. The van der Waals surface area contributed by atoms with Crippen molar-refractivity contribution in [3.8, 4) is 0 Å². The van der Waals surface area contributed by atoms with Crippen molar-refractivity contribution in [2.75, 3.05) is 6.67 Å². The molecule has 2 heterocycles. The number of hydrogen-bond acceptors (Lipinski definition) is 3. The topological polar surface area (TPSA) is 28.5 Å². The summed E-state index contributed by atoms with van der Waals surface area (Å²) in [6.07, 6.45) is 3.90. The summed E-state index contributed by atoms with van der Waals surface area (Å²) in [5.74, 6) is 0. The normalized spacial score (nSPS) is 14.8. The van der Waals surface area contributed by atoms with Crippen LogP contribution in [0, 0.1) is 0 Å². The lowest BCUT2D eigenvalue weighted by Gasteiger charge is -2.24. The van der Waals surface area contributed by atoms with Crippen molar-refractivity contribution in [2.45, 2.75) is 19.9 Å². The van der Waals surface area contributed by atoms with Gasteiger partial charge >= 0.3 is 0 Å². The van der Waals surface area contributed by atoms with Gasteiger partial charge in [0.05, 0.1) is 0 Å². The van der Waals surface area contributed by atoms with E-state index in [4.69, 9.17) is 0 Å². The minimum absolute atomic E-state index is 0.497. The highest BCUT2D eigenvalue weighted by molar-refractivity contribution is 5.22. The Morgan fingerprint density at radius 2 is 2.31 bits per heavy atom. The van der Waals surface area contributed by atoms with Crippen LogP contribution in [0.4, 0.5) is 0 Å². The van der Waals surface area contributed by atoms with E-state index in [0.717, 1.165) is 17.4 Å².